The fraction of sp³-hybridized carbons (Fsp3) is 0.424. The Morgan fingerprint density at radius 2 is 0.798 bits per heavy atom. The number of aryl methyl sites for hydroxylation is 16. The van der Waals surface area contributed by atoms with Gasteiger partial charge in [0.05, 0.1) is 91.7 Å². The number of carbonyl (C=O) groups excluding carboxylic acids is 1. The van der Waals surface area contributed by atoms with Gasteiger partial charge in [-0.15, -0.1) is 0 Å². The van der Waals surface area contributed by atoms with Crippen LogP contribution in [0, 0.1) is 55.4 Å². The van der Waals surface area contributed by atoms with Crippen molar-refractivity contribution in [3.05, 3.63) is 204 Å². The van der Waals surface area contributed by atoms with E-state index < -0.39 is 46.8 Å². The molecule has 650 valence electrons. The number of carbonyl (C=O) groups is 2. The van der Waals surface area contributed by atoms with E-state index in [2.05, 4.69) is 80.2 Å². The van der Waals surface area contributed by atoms with Crippen LogP contribution in [0.15, 0.2) is 122 Å². The molecule has 13 aromatic rings. The number of hydrogen-bond acceptors (Lipinski definition) is 35. The predicted molar refractivity (Wildman–Crippen MR) is 424 cm³/mol. The van der Waals surface area contributed by atoms with E-state index in [0.717, 1.165) is 65.3 Å². The number of H-pyrrole nitrogens is 1. The van der Waals surface area contributed by atoms with Gasteiger partial charge in [0.25, 0.3) is 26.8 Å². The van der Waals surface area contributed by atoms with E-state index in [1.807, 2.05) is 46.8 Å². The van der Waals surface area contributed by atoms with Gasteiger partial charge < -0.3 is 66.8 Å². The molecule has 53 heteroatoms. The summed E-state index contributed by atoms with van der Waals surface area (Å²) in [4.78, 5) is 107. The molecule has 0 saturated heterocycles. The number of aromatic amines is 1. The van der Waals surface area contributed by atoms with Crippen molar-refractivity contribution in [2.45, 2.75) is 107 Å². The number of methoxy groups -OCH3 is 1. The van der Waals surface area contributed by atoms with Crippen LogP contribution < -0.4 is 52.6 Å². The summed E-state index contributed by atoms with van der Waals surface area (Å²) in [5.74, 6) is 3.24. The Labute approximate surface area is 704 Å². The van der Waals surface area contributed by atoms with Crippen molar-refractivity contribution >= 4 is 103 Å². The minimum absolute atomic E-state index is 0. The maximum Gasteiger partial charge on any atom is 1.00 e. The fourth-order valence-electron chi connectivity index (χ4n) is 9.29. The van der Waals surface area contributed by atoms with Gasteiger partial charge in [-0.2, -0.15) is 16.8 Å². The van der Waals surface area contributed by atoms with Gasteiger partial charge in [0, 0.05) is 141 Å². The number of nitrogens with one attached hydrogen (secondary N) is 1. The summed E-state index contributed by atoms with van der Waals surface area (Å²) >= 11 is 0. The molecule has 0 amide bonds. The number of hydrogen-bond donors (Lipinski definition) is 6. The molecule has 0 radical (unpaired) electrons. The maximum atomic E-state index is 12.5. The van der Waals surface area contributed by atoms with Gasteiger partial charge in [-0.1, -0.05) is 36.1 Å². The SMILES string of the molecule is CO.COC(=O)Cc1cc(C)no1.CS(=O)(=O)Cl.Cc1cc(C)on1.Cc1cc(CC(=O)O)on1.Cc1cc(CCO)on1.Cc1cc(CCOS(C)(=O)=O)on1.Cc1cc(CCn2c(=O)c3c(ncn3C)n(C)c2=O)on1.Cc1cc(CCn2c(=O)c3c(ncn3C)n(C)c2=O)on1.Cn1cnc2c1c(=O)[nH]c(=O)n2C.O=S(=O)(O)O.[AlH3].[H-].[Li+]. The minimum Gasteiger partial charge on any atom is -1.00 e. The molecular weight excluding hydrogens is 1670 g/mol. The first-order valence-electron chi connectivity index (χ1n) is 33.6. The van der Waals surface area contributed by atoms with Crippen molar-refractivity contribution in [1.82, 2.24) is 92.6 Å². The van der Waals surface area contributed by atoms with Crippen LogP contribution in [0.4, 0.5) is 0 Å². The monoisotopic (exact) mass is 1770 g/mol. The van der Waals surface area contributed by atoms with E-state index in [1.54, 1.807) is 107 Å². The van der Waals surface area contributed by atoms with Crippen LogP contribution >= 0.6 is 10.7 Å². The molecule has 0 fully saturated rings. The molecule has 13 aromatic heterocycles. The minimum atomic E-state index is -4.67. The number of aliphatic hydroxyl groups excluding tert-OH is 2. The standard InChI is InChI=1S/2C13H15N5O3.C7H8N4O2.C7H11NO4S.C7H9NO3.C6H7NO3.C6H9NO2.C5H7NO.CH3ClO2S.CH4O.Al.Li.H2O4S.4H/c2*1-8-6-9(21-15-8)4-5-18-12(19)10-11(14-7-16(10)2)17(3)13(18)20;1-10-3-8-5-4(10)6(12)9-7(13)11(5)2;1-6-5-7(12-8-6)3-4-11-13(2,9)10;1-5-3-6(11-8-5)4-7(9)10-2;1-4-2-5(10-7-4)3-6(8)9;1-5-4-6(2-3-8)9-7-5;1-4-3-5(2)7-6-4;1-5(2,3)4;1-2;;;1-5(2,3)4;;;;/h2*6-7H,4-5H2,1-3H3;3H,1-2H3,(H,9,12,13);5H,3-4H2,1-2H3;3H,4H2,1-2H3;2H,3H2,1H3,(H,8,9);4,8H,2-3H2,1H3;3H,1-2H3;1H3;2H,1H3;;;(H2,1,2,3,4);;;;/q;;;;;;;;;;;+1;;;;;-1. The van der Waals surface area contributed by atoms with Gasteiger partial charge in [-0.25, -0.2) is 37.8 Å². The third-order valence-electron chi connectivity index (χ3n) is 14.2. The van der Waals surface area contributed by atoms with Gasteiger partial charge >= 0.3 is 58.3 Å². The number of carboxylic acids is 1. The van der Waals surface area contributed by atoms with Crippen molar-refractivity contribution in [3.8, 4) is 0 Å². The number of aliphatic carboxylic acids is 1. The number of halogens is 1. The van der Waals surface area contributed by atoms with Crippen LogP contribution in [-0.2, 0) is 142 Å². The van der Waals surface area contributed by atoms with E-state index in [1.165, 1.54) is 48.9 Å². The van der Waals surface area contributed by atoms with Crippen molar-refractivity contribution < 1.29 is 120 Å². The Morgan fingerprint density at radius 3 is 1.08 bits per heavy atom. The first kappa shape index (κ1) is 106. The molecule has 0 aliphatic rings. The Morgan fingerprint density at radius 1 is 0.496 bits per heavy atom. The van der Waals surface area contributed by atoms with Crippen LogP contribution in [0.1, 0.15) is 81.6 Å². The summed E-state index contributed by atoms with van der Waals surface area (Å²) in [6.45, 7) is 15.3. The van der Waals surface area contributed by atoms with Crippen molar-refractivity contribution in [2.75, 3.05) is 39.9 Å². The third kappa shape index (κ3) is 37.6. The number of imidazole rings is 3. The number of carboxylic acid groups (broad SMARTS) is 1. The zero-order valence-corrected chi connectivity index (χ0v) is 70.8. The molecule has 0 aliphatic heterocycles. The number of nitrogens with zero attached hydrogens (tertiary/aromatic N) is 18. The van der Waals surface area contributed by atoms with Crippen molar-refractivity contribution in [3.63, 3.8) is 0 Å². The van der Waals surface area contributed by atoms with E-state index in [9.17, 15) is 55.2 Å². The van der Waals surface area contributed by atoms with Gasteiger partial charge in [0.1, 0.15) is 53.2 Å². The maximum absolute atomic E-state index is 12.5. The fourth-order valence-corrected chi connectivity index (χ4v) is 9.67. The summed E-state index contributed by atoms with van der Waals surface area (Å²) in [5.41, 5.74) is 5.67. The quantitative estimate of drug-likeness (QED) is 0.0193. The van der Waals surface area contributed by atoms with Gasteiger partial charge in [-0.05, 0) is 55.4 Å². The number of aromatic nitrogens is 19. The Bertz CT molecular complexity index is 5920. The number of esters is 1. The average Bonchev–Trinajstić information content (AvgIpc) is 1.62. The number of rotatable bonds is 16. The van der Waals surface area contributed by atoms with Crippen LogP contribution in [0.25, 0.3) is 33.5 Å². The molecule has 13 rings (SSSR count). The topological polar surface area (TPSA) is 635 Å². The number of aliphatic hydroxyl groups is 2. The van der Waals surface area contributed by atoms with Crippen LogP contribution in [0.2, 0.25) is 0 Å². The number of fused-ring (bicyclic) bond motifs is 3. The molecule has 0 aromatic carbocycles. The molecule has 6 N–H and O–H groups in total. The van der Waals surface area contributed by atoms with E-state index >= 15 is 0 Å². The summed E-state index contributed by atoms with van der Waals surface area (Å²) < 4.78 is 126. The van der Waals surface area contributed by atoms with Crippen LogP contribution in [0.5, 0.6) is 0 Å². The van der Waals surface area contributed by atoms with Crippen molar-refractivity contribution in [1.29, 1.82) is 0 Å². The normalized spacial score (nSPS) is 10.5. The smallest absolute Gasteiger partial charge is 1.00 e. The summed E-state index contributed by atoms with van der Waals surface area (Å²) in [5, 5.41) is 49.4. The Balaban J connectivity index is 0.00000134. The largest absolute Gasteiger partial charge is 1.00 e. The van der Waals surface area contributed by atoms with E-state index in [0.29, 0.717) is 93.7 Å². The van der Waals surface area contributed by atoms with Gasteiger partial charge in [0.15, 0.2) is 50.9 Å². The molecule has 0 spiro atoms. The first-order chi connectivity index (χ1) is 54.6. The van der Waals surface area contributed by atoms with Gasteiger partial charge in [-0.3, -0.25) is 65.1 Å². The second-order valence-corrected chi connectivity index (χ2v) is 30.0. The molecule has 0 unspecified atom stereocenters. The van der Waals surface area contributed by atoms with E-state index in [-0.39, 0.29) is 105 Å². The zero-order chi connectivity index (χ0) is 88.6. The molecule has 13 heterocycles. The number of ether oxygens (including phenoxy) is 1. The molecule has 0 aliphatic carbocycles. The second-order valence-electron chi connectivity index (χ2n) is 24.4. The molecular formula is C66H94AlClLiN19O28S3. The molecule has 47 nitrogen and oxygen atoms in total. The molecule has 0 atom stereocenters. The average molecular weight is 1770 g/mol. The van der Waals surface area contributed by atoms with Gasteiger partial charge in [0.2, 0.25) is 9.05 Å². The summed E-state index contributed by atoms with van der Waals surface area (Å²) in [6.07, 6.45) is 8.36. The van der Waals surface area contributed by atoms with Crippen molar-refractivity contribution in [2.24, 2.45) is 42.3 Å². The van der Waals surface area contributed by atoms with E-state index in [4.69, 9.17) is 60.0 Å². The summed E-state index contributed by atoms with van der Waals surface area (Å²) in [7, 11) is 5.56. The molecule has 119 heavy (non-hydrogen) atoms. The third-order valence-corrected chi connectivity index (χ3v) is 14.8. The summed E-state index contributed by atoms with van der Waals surface area (Å²) in [6, 6.07) is 12.3. The first-order valence-corrected chi connectivity index (χ1v) is 39.5. The Kier molecular flexibility index (Phi) is 44.5. The predicted octanol–water partition coefficient (Wildman–Crippen LogP) is -2.40. The van der Waals surface area contributed by atoms with Crippen LogP contribution in [0.3, 0.4) is 0 Å². The Hall–Kier alpha value is -11.1. The molecule has 0 bridgehead atoms. The molecule has 0 saturated carbocycles. The second kappa shape index (κ2) is 50.0. The zero-order valence-electron chi connectivity index (χ0n) is 68.6. The van der Waals surface area contributed by atoms with Crippen LogP contribution in [-0.4, -0.2) is 211 Å².